The number of carbonyl (C=O) groups is 3. The van der Waals surface area contributed by atoms with Crippen LogP contribution in [0, 0.1) is 11.8 Å². The Morgan fingerprint density at radius 2 is 1.51 bits per heavy atom. The van der Waals surface area contributed by atoms with Crippen molar-refractivity contribution in [1.82, 2.24) is 19.9 Å². The molecule has 2 rings (SSSR count). The highest BCUT2D eigenvalue weighted by molar-refractivity contribution is 6.11. The molecule has 2 aromatic heterocycles. The second-order valence-corrected chi connectivity index (χ2v) is 11.4. The van der Waals surface area contributed by atoms with Crippen LogP contribution >= 0.6 is 0 Å². The Morgan fingerprint density at radius 1 is 0.973 bits per heavy atom. The number of hydrogen-bond acceptors (Lipinski definition) is 8. The summed E-state index contributed by atoms with van der Waals surface area (Å²) in [5.41, 5.74) is -1.53. The van der Waals surface area contributed by atoms with Crippen molar-refractivity contribution >= 4 is 29.6 Å². The van der Waals surface area contributed by atoms with E-state index in [1.54, 1.807) is 62.3 Å². The van der Waals surface area contributed by atoms with Gasteiger partial charge >= 0.3 is 18.3 Å². The molecule has 11 nitrogen and oxygen atoms in total. The van der Waals surface area contributed by atoms with Crippen molar-refractivity contribution in [3.63, 3.8) is 0 Å². The van der Waals surface area contributed by atoms with E-state index in [2.05, 4.69) is 27.2 Å². The first-order valence-corrected chi connectivity index (χ1v) is 11.9. The molecule has 0 saturated carbocycles. The summed E-state index contributed by atoms with van der Waals surface area (Å²) in [6.45, 7) is 17.4. The summed E-state index contributed by atoms with van der Waals surface area (Å²) in [4.78, 5) is 43.1. The van der Waals surface area contributed by atoms with Crippen LogP contribution in [-0.4, -0.2) is 55.7 Å². The Morgan fingerprint density at radius 3 is 2.03 bits per heavy atom. The summed E-state index contributed by atoms with van der Waals surface area (Å²) < 4.78 is 17.6. The molecule has 0 radical (unpaired) electrons. The summed E-state index contributed by atoms with van der Waals surface area (Å²) >= 11 is 0. The summed E-state index contributed by atoms with van der Waals surface area (Å²) in [7, 11) is 0. The fourth-order valence-electron chi connectivity index (χ4n) is 2.88. The molecule has 37 heavy (non-hydrogen) atoms. The molecule has 11 heteroatoms. The first-order valence-electron chi connectivity index (χ1n) is 11.9. The third-order valence-corrected chi connectivity index (χ3v) is 4.16. The van der Waals surface area contributed by atoms with E-state index in [4.69, 9.17) is 14.2 Å². The normalized spacial score (nSPS) is 12.7. The Kier molecular flexibility index (Phi) is 8.80. The molecule has 3 amide bonds. The molecule has 0 spiro atoms. The minimum absolute atomic E-state index is 0.131. The lowest BCUT2D eigenvalue weighted by Gasteiger charge is -2.28. The average Bonchev–Trinajstić information content (AvgIpc) is 3.07. The minimum atomic E-state index is -0.910. The van der Waals surface area contributed by atoms with E-state index in [0.717, 1.165) is 4.90 Å². The van der Waals surface area contributed by atoms with Crippen molar-refractivity contribution in [2.75, 3.05) is 4.90 Å². The maximum absolute atomic E-state index is 13.0. The van der Waals surface area contributed by atoms with Gasteiger partial charge in [-0.1, -0.05) is 5.92 Å². The second-order valence-electron chi connectivity index (χ2n) is 11.4. The van der Waals surface area contributed by atoms with Crippen LogP contribution in [-0.2, 0) is 14.2 Å². The molecule has 0 aliphatic carbocycles. The molecule has 1 unspecified atom stereocenters. The highest BCUT2D eigenvalue weighted by Crippen LogP contribution is 2.25. The first-order chi connectivity index (χ1) is 16.9. The van der Waals surface area contributed by atoms with Crippen molar-refractivity contribution in [2.45, 2.75) is 98.5 Å². The van der Waals surface area contributed by atoms with Crippen LogP contribution < -0.4 is 10.2 Å². The van der Waals surface area contributed by atoms with Gasteiger partial charge in [0.1, 0.15) is 28.2 Å². The Balaban J connectivity index is 2.34. The van der Waals surface area contributed by atoms with Gasteiger partial charge in [0.15, 0.2) is 5.65 Å². The van der Waals surface area contributed by atoms with Crippen LogP contribution in [0.3, 0.4) is 0 Å². The molecule has 0 aliphatic heterocycles. The number of imidazole rings is 1. The van der Waals surface area contributed by atoms with Crippen molar-refractivity contribution in [3.8, 4) is 11.8 Å². The monoisotopic (exact) mass is 515 g/mol. The quantitative estimate of drug-likeness (QED) is 0.444. The van der Waals surface area contributed by atoms with E-state index < -0.39 is 35.1 Å². The smallest absolute Gasteiger partial charge is 0.424 e. The Hall–Kier alpha value is -3.81. The summed E-state index contributed by atoms with van der Waals surface area (Å²) in [6, 6.07) is 1.21. The molecule has 0 fully saturated rings. The van der Waals surface area contributed by atoms with Crippen molar-refractivity contribution in [2.24, 2.45) is 0 Å². The zero-order chi connectivity index (χ0) is 28.2. The number of hydrogen-bond donors (Lipinski definition) is 1. The van der Waals surface area contributed by atoms with E-state index in [1.165, 1.54) is 23.0 Å². The predicted molar refractivity (Wildman–Crippen MR) is 138 cm³/mol. The standard InChI is InChI=1S/C26H37N5O6/c1-17(29-21(32)35-24(2,3)4)12-11-13-18-16-27-20-19(14-15-28-31(18)20)30(22(33)36-25(5,6)7)23(34)37-26(8,9)10/h14-17H,12H2,1-10H3,(H,29,32). The molecule has 2 heterocycles. The third-order valence-electron chi connectivity index (χ3n) is 4.16. The van der Waals surface area contributed by atoms with E-state index in [9.17, 15) is 14.4 Å². The van der Waals surface area contributed by atoms with E-state index in [1.807, 2.05) is 6.92 Å². The molecule has 2 aromatic rings. The van der Waals surface area contributed by atoms with Gasteiger partial charge in [0.25, 0.3) is 0 Å². The van der Waals surface area contributed by atoms with Crippen LogP contribution in [0.4, 0.5) is 20.1 Å². The number of anilines is 1. The molecule has 202 valence electrons. The summed E-state index contributed by atoms with van der Waals surface area (Å²) in [6.07, 6.45) is 0.901. The molecule has 0 bridgehead atoms. The van der Waals surface area contributed by atoms with E-state index >= 15 is 0 Å². The number of aromatic nitrogens is 3. The molecule has 0 saturated heterocycles. The highest BCUT2D eigenvalue weighted by Gasteiger charge is 2.34. The van der Waals surface area contributed by atoms with Crippen LogP contribution in [0.25, 0.3) is 5.65 Å². The van der Waals surface area contributed by atoms with Crippen LogP contribution in [0.5, 0.6) is 0 Å². The Labute approximate surface area is 217 Å². The topological polar surface area (TPSA) is 124 Å². The molecule has 1 N–H and O–H groups in total. The number of alkyl carbamates (subject to hydrolysis) is 1. The number of imide groups is 1. The number of nitrogens with one attached hydrogen (secondary N) is 1. The van der Waals surface area contributed by atoms with Crippen LogP contribution in [0.1, 0.15) is 81.4 Å². The lowest BCUT2D eigenvalue weighted by Crippen LogP contribution is -2.44. The van der Waals surface area contributed by atoms with Gasteiger partial charge in [0, 0.05) is 12.5 Å². The number of ether oxygens (including phenoxy) is 3. The lowest BCUT2D eigenvalue weighted by molar-refractivity contribution is 0.0427. The van der Waals surface area contributed by atoms with Crippen molar-refractivity contribution in [3.05, 3.63) is 24.2 Å². The molecular formula is C26H37N5O6. The van der Waals surface area contributed by atoms with Gasteiger partial charge in [-0.05, 0) is 81.2 Å². The summed E-state index contributed by atoms with van der Waals surface area (Å²) in [5.74, 6) is 5.95. The second kappa shape index (κ2) is 11.1. The SMILES string of the molecule is CC(CC#Cc1cnc2c(N(C(=O)OC(C)(C)C)C(=O)OC(C)(C)C)ccnn12)NC(=O)OC(C)(C)C. The highest BCUT2D eigenvalue weighted by atomic mass is 16.6. The van der Waals surface area contributed by atoms with Gasteiger partial charge in [0.05, 0.1) is 12.4 Å². The number of nitrogens with zero attached hydrogens (tertiary/aromatic N) is 4. The lowest BCUT2D eigenvalue weighted by atomic mass is 10.2. The van der Waals surface area contributed by atoms with Gasteiger partial charge in [-0.15, -0.1) is 0 Å². The van der Waals surface area contributed by atoms with Crippen molar-refractivity contribution < 1.29 is 28.6 Å². The first kappa shape index (κ1) is 29.4. The fourth-order valence-corrected chi connectivity index (χ4v) is 2.88. The zero-order valence-electron chi connectivity index (χ0n) is 23.3. The zero-order valence-corrected chi connectivity index (χ0v) is 23.3. The van der Waals surface area contributed by atoms with Crippen LogP contribution in [0.2, 0.25) is 0 Å². The Bertz CT molecular complexity index is 1180. The van der Waals surface area contributed by atoms with Gasteiger partial charge < -0.3 is 19.5 Å². The average molecular weight is 516 g/mol. The van der Waals surface area contributed by atoms with Gasteiger partial charge in [-0.2, -0.15) is 10.00 Å². The number of amides is 3. The van der Waals surface area contributed by atoms with Gasteiger partial charge in [-0.25, -0.2) is 23.9 Å². The predicted octanol–water partition coefficient (Wildman–Crippen LogP) is 5.06. The summed E-state index contributed by atoms with van der Waals surface area (Å²) in [5, 5.41) is 7.00. The van der Waals surface area contributed by atoms with Gasteiger partial charge in [0.2, 0.25) is 0 Å². The molecule has 1 atom stereocenters. The van der Waals surface area contributed by atoms with E-state index in [0.29, 0.717) is 12.1 Å². The molecular weight excluding hydrogens is 478 g/mol. The van der Waals surface area contributed by atoms with Crippen LogP contribution in [0.15, 0.2) is 18.5 Å². The van der Waals surface area contributed by atoms with E-state index in [-0.39, 0.29) is 17.4 Å². The van der Waals surface area contributed by atoms with Gasteiger partial charge in [-0.3, -0.25) is 0 Å². The van der Waals surface area contributed by atoms with Crippen molar-refractivity contribution in [1.29, 1.82) is 0 Å². The number of rotatable bonds is 3. The largest absolute Gasteiger partial charge is 0.444 e. The number of carbonyl (C=O) groups excluding carboxylic acids is 3. The minimum Gasteiger partial charge on any atom is -0.444 e. The number of fused-ring (bicyclic) bond motifs is 1. The third kappa shape index (κ3) is 9.29. The fraction of sp³-hybridized carbons (Fsp3) is 0.577. The molecule has 0 aliphatic rings. The maximum Gasteiger partial charge on any atom is 0.424 e. The maximum atomic E-state index is 13.0. The molecule has 0 aromatic carbocycles.